The van der Waals surface area contributed by atoms with Crippen molar-refractivity contribution < 1.29 is 14.5 Å². The Balaban J connectivity index is 2.24. The van der Waals surface area contributed by atoms with Gasteiger partial charge in [0.25, 0.3) is 5.69 Å². The van der Waals surface area contributed by atoms with E-state index >= 15 is 0 Å². The fourth-order valence-corrected chi connectivity index (χ4v) is 2.47. The van der Waals surface area contributed by atoms with Crippen LogP contribution in [0.15, 0.2) is 28.1 Å². The van der Waals surface area contributed by atoms with Crippen LogP contribution in [-0.2, 0) is 9.53 Å². The van der Waals surface area contributed by atoms with Gasteiger partial charge >= 0.3 is 5.97 Å². The Morgan fingerprint density at radius 1 is 1.61 bits per heavy atom. The number of nitro benzene ring substituents is 1. The minimum Gasteiger partial charge on any atom is -0.469 e. The summed E-state index contributed by atoms with van der Waals surface area (Å²) in [6.07, 6.45) is 0.153. The van der Waals surface area contributed by atoms with Gasteiger partial charge in [-0.3, -0.25) is 19.9 Å². The van der Waals surface area contributed by atoms with Gasteiger partial charge in [-0.25, -0.2) is 0 Å². The first-order valence-electron chi connectivity index (χ1n) is 5.14. The highest BCUT2D eigenvalue weighted by atomic mass is 32.2. The maximum atomic E-state index is 11.1. The van der Waals surface area contributed by atoms with Crippen LogP contribution in [0.1, 0.15) is 6.42 Å². The lowest BCUT2D eigenvalue weighted by Crippen LogP contribution is -2.13. The first kappa shape index (κ1) is 12.6. The van der Waals surface area contributed by atoms with E-state index in [4.69, 9.17) is 0 Å². The molecule has 1 aromatic carbocycles. The number of hydrogen-bond donors (Lipinski definition) is 0. The van der Waals surface area contributed by atoms with E-state index < -0.39 is 4.92 Å². The second-order valence-corrected chi connectivity index (χ2v) is 4.65. The predicted octanol–water partition coefficient (Wildman–Crippen LogP) is 2.34. The number of ether oxygens (including phenoxy) is 1. The molecule has 0 aromatic heterocycles. The van der Waals surface area contributed by atoms with Gasteiger partial charge in [-0.1, -0.05) is 0 Å². The lowest BCUT2D eigenvalue weighted by atomic mass is 10.2. The number of nitrogens with zero attached hydrogens (tertiary/aromatic N) is 2. The molecule has 0 radical (unpaired) electrons. The van der Waals surface area contributed by atoms with Crippen molar-refractivity contribution in [3.05, 3.63) is 28.3 Å². The molecule has 18 heavy (non-hydrogen) atoms. The second kappa shape index (κ2) is 5.18. The lowest BCUT2D eigenvalue weighted by molar-refractivity contribution is -0.385. The summed E-state index contributed by atoms with van der Waals surface area (Å²) < 4.78 is 4.57. The highest BCUT2D eigenvalue weighted by Gasteiger charge is 2.18. The largest absolute Gasteiger partial charge is 0.469 e. The van der Waals surface area contributed by atoms with Crippen LogP contribution in [0, 0.1) is 10.1 Å². The van der Waals surface area contributed by atoms with Gasteiger partial charge in [0.15, 0.2) is 0 Å². The van der Waals surface area contributed by atoms with Crippen molar-refractivity contribution in [2.24, 2.45) is 4.99 Å². The van der Waals surface area contributed by atoms with E-state index in [1.54, 1.807) is 6.07 Å². The van der Waals surface area contributed by atoms with Crippen LogP contribution in [0.4, 0.5) is 11.4 Å². The molecule has 1 heterocycles. The number of thioether (sulfide) groups is 1. The third kappa shape index (κ3) is 2.67. The van der Waals surface area contributed by atoms with E-state index in [-0.39, 0.29) is 18.1 Å². The summed E-state index contributed by atoms with van der Waals surface area (Å²) in [6.45, 7) is 0. The number of aliphatic imine (C=N–C) groups is 1. The number of carbonyl (C=O) groups excluding carboxylic acids is 1. The van der Waals surface area contributed by atoms with Gasteiger partial charge in [-0.2, -0.15) is 0 Å². The Labute approximate surface area is 107 Å². The van der Waals surface area contributed by atoms with Crippen molar-refractivity contribution in [2.75, 3.05) is 12.9 Å². The van der Waals surface area contributed by atoms with Crippen molar-refractivity contribution in [2.45, 2.75) is 11.3 Å². The second-order valence-electron chi connectivity index (χ2n) is 3.63. The van der Waals surface area contributed by atoms with Crippen molar-refractivity contribution in [1.82, 2.24) is 0 Å². The number of fused-ring (bicyclic) bond motifs is 1. The van der Waals surface area contributed by atoms with Crippen molar-refractivity contribution in [1.29, 1.82) is 0 Å². The Kier molecular flexibility index (Phi) is 3.61. The molecule has 0 saturated heterocycles. The number of rotatable bonds is 3. The number of methoxy groups -OCH3 is 1. The smallest absolute Gasteiger partial charge is 0.311 e. The molecular weight excluding hydrogens is 256 g/mol. The van der Waals surface area contributed by atoms with Crippen LogP contribution in [0.2, 0.25) is 0 Å². The molecule has 0 saturated carbocycles. The molecule has 0 unspecified atom stereocenters. The Morgan fingerprint density at radius 2 is 2.39 bits per heavy atom. The highest BCUT2D eigenvalue weighted by molar-refractivity contribution is 8.00. The first-order valence-corrected chi connectivity index (χ1v) is 6.13. The van der Waals surface area contributed by atoms with E-state index in [0.29, 0.717) is 17.2 Å². The third-order valence-electron chi connectivity index (χ3n) is 2.40. The normalized spacial score (nSPS) is 13.5. The van der Waals surface area contributed by atoms with Crippen molar-refractivity contribution in [3.63, 3.8) is 0 Å². The zero-order valence-electron chi connectivity index (χ0n) is 9.58. The molecule has 0 atom stereocenters. The minimum absolute atomic E-state index is 0.0490. The van der Waals surface area contributed by atoms with E-state index in [1.165, 1.54) is 31.0 Å². The molecule has 1 aliphatic heterocycles. The van der Waals surface area contributed by atoms with Gasteiger partial charge in [0.2, 0.25) is 0 Å². The van der Waals surface area contributed by atoms with Crippen LogP contribution in [0.3, 0.4) is 0 Å². The molecule has 1 aliphatic rings. The summed E-state index contributed by atoms with van der Waals surface area (Å²) in [5.41, 5.74) is 1.43. The molecule has 2 rings (SSSR count). The van der Waals surface area contributed by atoms with Gasteiger partial charge < -0.3 is 4.74 Å². The highest BCUT2D eigenvalue weighted by Crippen LogP contribution is 2.36. The standard InChI is InChI=1S/C11H10N2O4S/c1-17-11(14)4-7-6-18-10-5-8(13(15)16)2-3-9(10)12-7/h2-3,5H,4,6H2,1H3. The van der Waals surface area contributed by atoms with Crippen LogP contribution >= 0.6 is 11.8 Å². The fraction of sp³-hybridized carbons (Fsp3) is 0.273. The number of esters is 1. The molecule has 0 amide bonds. The van der Waals surface area contributed by atoms with E-state index in [0.717, 1.165) is 4.90 Å². The summed E-state index contributed by atoms with van der Waals surface area (Å²) in [6, 6.07) is 4.50. The van der Waals surface area contributed by atoms with E-state index in [1.807, 2.05) is 0 Å². The number of benzene rings is 1. The molecule has 1 aromatic rings. The molecule has 0 bridgehead atoms. The number of carbonyl (C=O) groups is 1. The SMILES string of the molecule is COC(=O)CC1=Nc2ccc([N+](=O)[O-])cc2SC1. The Morgan fingerprint density at radius 3 is 3.06 bits per heavy atom. The molecule has 0 spiro atoms. The fourth-order valence-electron chi connectivity index (χ4n) is 1.52. The average molecular weight is 266 g/mol. The van der Waals surface area contributed by atoms with E-state index in [2.05, 4.69) is 9.73 Å². The zero-order valence-corrected chi connectivity index (χ0v) is 10.4. The summed E-state index contributed by atoms with van der Waals surface area (Å²) in [5.74, 6) is 0.211. The Bertz CT molecular complexity index is 542. The van der Waals surface area contributed by atoms with Gasteiger partial charge in [0.05, 0.1) is 24.1 Å². The average Bonchev–Trinajstić information content (AvgIpc) is 2.37. The summed E-state index contributed by atoms with van der Waals surface area (Å²) >= 11 is 1.44. The van der Waals surface area contributed by atoms with Crippen LogP contribution in [0.25, 0.3) is 0 Å². The van der Waals surface area contributed by atoms with Crippen molar-refractivity contribution >= 4 is 34.8 Å². The summed E-state index contributed by atoms with van der Waals surface area (Å²) in [4.78, 5) is 26.4. The van der Waals surface area contributed by atoms with Gasteiger partial charge in [0.1, 0.15) is 0 Å². The molecule has 6 nitrogen and oxygen atoms in total. The molecule has 7 heteroatoms. The first-order chi connectivity index (χ1) is 8.60. The predicted molar refractivity (Wildman–Crippen MR) is 67.5 cm³/mol. The molecule has 94 valence electrons. The number of hydrogen-bond acceptors (Lipinski definition) is 6. The van der Waals surface area contributed by atoms with E-state index in [9.17, 15) is 14.9 Å². The zero-order chi connectivity index (χ0) is 13.1. The number of nitro groups is 1. The summed E-state index contributed by atoms with van der Waals surface area (Å²) in [7, 11) is 1.33. The van der Waals surface area contributed by atoms with Crippen LogP contribution in [0.5, 0.6) is 0 Å². The van der Waals surface area contributed by atoms with Gasteiger partial charge in [-0.05, 0) is 6.07 Å². The van der Waals surface area contributed by atoms with Crippen LogP contribution in [-0.4, -0.2) is 29.5 Å². The minimum atomic E-state index is -0.436. The van der Waals surface area contributed by atoms with Crippen molar-refractivity contribution in [3.8, 4) is 0 Å². The monoisotopic (exact) mass is 266 g/mol. The Hall–Kier alpha value is -1.89. The maximum Gasteiger partial charge on any atom is 0.311 e. The topological polar surface area (TPSA) is 81.8 Å². The third-order valence-corrected chi connectivity index (χ3v) is 3.52. The summed E-state index contributed by atoms with van der Waals surface area (Å²) in [5, 5.41) is 10.6. The van der Waals surface area contributed by atoms with Gasteiger partial charge in [-0.15, -0.1) is 11.8 Å². The van der Waals surface area contributed by atoms with Gasteiger partial charge in [0, 0.05) is 28.5 Å². The lowest BCUT2D eigenvalue weighted by Gasteiger charge is -2.13. The molecule has 0 fully saturated rings. The molecule has 0 aliphatic carbocycles. The molecule has 0 N–H and O–H groups in total. The molecular formula is C11H10N2O4S. The quantitative estimate of drug-likeness (QED) is 0.476. The number of non-ortho nitro benzene ring substituents is 1. The van der Waals surface area contributed by atoms with Crippen LogP contribution < -0.4 is 0 Å². The maximum absolute atomic E-state index is 11.1.